The molecule has 0 saturated heterocycles. The Labute approximate surface area is 153 Å². The Kier molecular flexibility index (Phi) is 5.86. The Morgan fingerprint density at radius 1 is 0.960 bits per heavy atom. The van der Waals surface area contributed by atoms with Gasteiger partial charge in [0.05, 0.1) is 0 Å². The average molecular weight is 353 g/mol. The number of hydrogen-bond donors (Lipinski definition) is 2. The molecule has 0 radical (unpaired) electrons. The molecule has 3 aromatic rings. The van der Waals surface area contributed by atoms with Crippen LogP contribution in [0.5, 0.6) is 0 Å². The van der Waals surface area contributed by atoms with Crippen LogP contribution in [0.15, 0.2) is 67.0 Å². The van der Waals surface area contributed by atoms with Gasteiger partial charge in [0, 0.05) is 23.7 Å². The number of anilines is 2. The summed E-state index contributed by atoms with van der Waals surface area (Å²) in [5.74, 6) is 1.62. The van der Waals surface area contributed by atoms with Crippen LogP contribution in [0.25, 0.3) is 0 Å². The molecule has 0 aliphatic rings. The molecule has 1 aromatic heterocycles. The van der Waals surface area contributed by atoms with Crippen LogP contribution in [0.2, 0.25) is 5.02 Å². The van der Waals surface area contributed by atoms with Crippen LogP contribution in [-0.4, -0.2) is 16.5 Å². The van der Waals surface area contributed by atoms with Gasteiger partial charge < -0.3 is 10.6 Å². The Morgan fingerprint density at radius 3 is 2.44 bits per heavy atom. The van der Waals surface area contributed by atoms with Crippen LogP contribution >= 0.6 is 11.6 Å². The van der Waals surface area contributed by atoms with Crippen molar-refractivity contribution in [3.63, 3.8) is 0 Å². The number of aromatic nitrogens is 2. The molecule has 1 heterocycles. The molecule has 1 atom stereocenters. The normalized spacial score (nSPS) is 11.8. The van der Waals surface area contributed by atoms with E-state index < -0.39 is 0 Å². The summed E-state index contributed by atoms with van der Waals surface area (Å²) in [5, 5.41) is 7.50. The van der Waals surface area contributed by atoms with Gasteiger partial charge in [-0.15, -0.1) is 0 Å². The molecular formula is C20H21ClN4. The first-order valence-corrected chi connectivity index (χ1v) is 8.70. The lowest BCUT2D eigenvalue weighted by Crippen LogP contribution is -2.10. The molecule has 2 N–H and O–H groups in total. The molecular weight excluding hydrogens is 332 g/mol. The summed E-state index contributed by atoms with van der Waals surface area (Å²) in [6.07, 6.45) is 2.48. The van der Waals surface area contributed by atoms with Crippen molar-refractivity contribution in [2.24, 2.45) is 0 Å². The molecule has 0 spiro atoms. The molecule has 2 aromatic carbocycles. The molecule has 0 amide bonds. The minimum atomic E-state index is 0.179. The fraction of sp³-hybridized carbons (Fsp3) is 0.200. The van der Waals surface area contributed by atoms with Crippen LogP contribution in [0.4, 0.5) is 11.6 Å². The van der Waals surface area contributed by atoms with E-state index in [4.69, 9.17) is 11.6 Å². The summed E-state index contributed by atoms with van der Waals surface area (Å²) in [7, 11) is 0. The molecule has 0 aliphatic carbocycles. The topological polar surface area (TPSA) is 49.8 Å². The van der Waals surface area contributed by atoms with Gasteiger partial charge in [0.2, 0.25) is 0 Å². The monoisotopic (exact) mass is 352 g/mol. The minimum absolute atomic E-state index is 0.179. The highest BCUT2D eigenvalue weighted by Crippen LogP contribution is 2.18. The largest absolute Gasteiger partial charge is 0.370 e. The van der Waals surface area contributed by atoms with E-state index in [1.54, 1.807) is 6.33 Å². The predicted octanol–water partition coefficient (Wildman–Crippen LogP) is 4.96. The van der Waals surface area contributed by atoms with Crippen molar-refractivity contribution >= 4 is 23.2 Å². The summed E-state index contributed by atoms with van der Waals surface area (Å²) in [5.41, 5.74) is 2.46. The van der Waals surface area contributed by atoms with E-state index in [0.717, 1.165) is 29.6 Å². The first kappa shape index (κ1) is 17.2. The van der Waals surface area contributed by atoms with Crippen molar-refractivity contribution in [3.8, 4) is 0 Å². The van der Waals surface area contributed by atoms with Gasteiger partial charge in [0.1, 0.15) is 18.0 Å². The number of nitrogens with zero attached hydrogens (tertiary/aromatic N) is 2. The fourth-order valence-corrected chi connectivity index (χ4v) is 2.69. The maximum absolute atomic E-state index is 5.91. The maximum Gasteiger partial charge on any atom is 0.131 e. The minimum Gasteiger partial charge on any atom is -0.370 e. The molecule has 0 bridgehead atoms. The number of rotatable bonds is 7. The van der Waals surface area contributed by atoms with Gasteiger partial charge >= 0.3 is 0 Å². The molecule has 3 rings (SSSR count). The lowest BCUT2D eigenvalue weighted by atomic mass is 10.1. The number of halogens is 1. The summed E-state index contributed by atoms with van der Waals surface area (Å²) < 4.78 is 0. The third-order valence-electron chi connectivity index (χ3n) is 3.96. The Hall–Kier alpha value is -2.59. The Balaban J connectivity index is 1.55. The molecule has 25 heavy (non-hydrogen) atoms. The van der Waals surface area contributed by atoms with Gasteiger partial charge in [-0.25, -0.2) is 9.97 Å². The second-order valence-electron chi connectivity index (χ2n) is 5.87. The van der Waals surface area contributed by atoms with Crippen molar-refractivity contribution in [3.05, 3.63) is 83.1 Å². The van der Waals surface area contributed by atoms with Crippen molar-refractivity contribution in [2.75, 3.05) is 17.2 Å². The molecule has 4 nitrogen and oxygen atoms in total. The summed E-state index contributed by atoms with van der Waals surface area (Å²) in [6, 6.07) is 20.3. The third kappa shape index (κ3) is 5.19. The lowest BCUT2D eigenvalue weighted by molar-refractivity contribution is 0.871. The van der Waals surface area contributed by atoms with Gasteiger partial charge in [-0.05, 0) is 36.6 Å². The Morgan fingerprint density at radius 2 is 1.68 bits per heavy atom. The van der Waals surface area contributed by atoms with E-state index in [-0.39, 0.29) is 6.04 Å². The zero-order valence-corrected chi connectivity index (χ0v) is 14.9. The van der Waals surface area contributed by atoms with E-state index >= 15 is 0 Å². The first-order chi connectivity index (χ1) is 12.2. The smallest absolute Gasteiger partial charge is 0.131 e. The summed E-state index contributed by atoms with van der Waals surface area (Å²) in [6.45, 7) is 2.91. The second-order valence-corrected chi connectivity index (χ2v) is 6.30. The van der Waals surface area contributed by atoms with Crippen LogP contribution in [0, 0.1) is 0 Å². The van der Waals surface area contributed by atoms with Gasteiger partial charge in [0.15, 0.2) is 0 Å². The predicted molar refractivity (Wildman–Crippen MR) is 104 cm³/mol. The zero-order chi connectivity index (χ0) is 17.5. The van der Waals surface area contributed by atoms with Crippen molar-refractivity contribution in [2.45, 2.75) is 19.4 Å². The highest BCUT2D eigenvalue weighted by atomic mass is 35.5. The molecule has 5 heteroatoms. The highest BCUT2D eigenvalue weighted by Gasteiger charge is 2.06. The number of nitrogens with one attached hydrogen (secondary N) is 2. The van der Waals surface area contributed by atoms with Crippen LogP contribution in [0.1, 0.15) is 24.1 Å². The van der Waals surface area contributed by atoms with Crippen LogP contribution in [0.3, 0.4) is 0 Å². The van der Waals surface area contributed by atoms with Gasteiger partial charge in [-0.3, -0.25) is 0 Å². The quantitative estimate of drug-likeness (QED) is 0.631. The maximum atomic E-state index is 5.91. The molecule has 128 valence electrons. The van der Waals surface area contributed by atoms with E-state index in [1.807, 2.05) is 48.5 Å². The van der Waals surface area contributed by atoms with Gasteiger partial charge in [-0.1, -0.05) is 54.1 Å². The number of benzene rings is 2. The lowest BCUT2D eigenvalue weighted by Gasteiger charge is -2.15. The van der Waals surface area contributed by atoms with E-state index in [1.165, 1.54) is 11.1 Å². The number of hydrogen-bond acceptors (Lipinski definition) is 4. The molecule has 0 saturated carbocycles. The van der Waals surface area contributed by atoms with Gasteiger partial charge in [-0.2, -0.15) is 0 Å². The van der Waals surface area contributed by atoms with E-state index in [0.29, 0.717) is 0 Å². The van der Waals surface area contributed by atoms with Crippen molar-refractivity contribution in [1.29, 1.82) is 0 Å². The second kappa shape index (κ2) is 8.49. The average Bonchev–Trinajstić information content (AvgIpc) is 2.64. The highest BCUT2D eigenvalue weighted by molar-refractivity contribution is 6.30. The molecule has 0 aliphatic heterocycles. The summed E-state index contributed by atoms with van der Waals surface area (Å²) >= 11 is 5.91. The SMILES string of the molecule is CC(Nc1cc(NCCc2ccc(Cl)cc2)ncn1)c1ccccc1. The van der Waals surface area contributed by atoms with E-state index in [9.17, 15) is 0 Å². The van der Waals surface area contributed by atoms with Gasteiger partial charge in [0.25, 0.3) is 0 Å². The van der Waals surface area contributed by atoms with Crippen molar-refractivity contribution < 1.29 is 0 Å². The van der Waals surface area contributed by atoms with E-state index in [2.05, 4.69) is 39.7 Å². The summed E-state index contributed by atoms with van der Waals surface area (Å²) in [4.78, 5) is 8.59. The standard InChI is InChI=1S/C20H21ClN4/c1-15(17-5-3-2-4-6-17)25-20-13-19(23-14-24-20)22-12-11-16-7-9-18(21)10-8-16/h2-10,13-15H,11-12H2,1H3,(H2,22,23,24,25). The molecule has 1 unspecified atom stereocenters. The zero-order valence-electron chi connectivity index (χ0n) is 14.1. The van der Waals surface area contributed by atoms with Crippen molar-refractivity contribution in [1.82, 2.24) is 9.97 Å². The first-order valence-electron chi connectivity index (χ1n) is 8.32. The Bertz CT molecular complexity index is 790. The molecule has 0 fully saturated rings. The third-order valence-corrected chi connectivity index (χ3v) is 4.22. The van der Waals surface area contributed by atoms with Crippen LogP contribution in [-0.2, 0) is 6.42 Å². The van der Waals surface area contributed by atoms with Crippen LogP contribution < -0.4 is 10.6 Å². The fourth-order valence-electron chi connectivity index (χ4n) is 2.57.